The molecule has 0 saturated carbocycles. The van der Waals surface area contributed by atoms with Crippen LogP contribution in [-0.2, 0) is 10.5 Å². The number of nitriles is 1. The molecule has 0 unspecified atom stereocenters. The van der Waals surface area contributed by atoms with Crippen LogP contribution in [0.25, 0.3) is 22.4 Å². The number of esters is 1. The third kappa shape index (κ3) is 5.25. The zero-order valence-electron chi connectivity index (χ0n) is 18.4. The second kappa shape index (κ2) is 10.6. The Kier molecular flexibility index (Phi) is 7.21. The molecule has 1 N–H and O–H groups in total. The van der Waals surface area contributed by atoms with Crippen molar-refractivity contribution in [2.45, 2.75) is 17.8 Å². The average molecular weight is 468 g/mol. The molecule has 0 amide bonds. The summed E-state index contributed by atoms with van der Waals surface area (Å²) in [5.74, 6) is 0.173. The minimum absolute atomic E-state index is 0.0180. The first-order valence-electron chi connectivity index (χ1n) is 10.7. The smallest absolute Gasteiger partial charge is 0.338 e. The van der Waals surface area contributed by atoms with Gasteiger partial charge in [0.05, 0.1) is 17.9 Å². The molecule has 0 fully saturated rings. The summed E-state index contributed by atoms with van der Waals surface area (Å²) in [7, 11) is 0. The number of thioether (sulfide) groups is 1. The predicted octanol–water partition coefficient (Wildman–Crippen LogP) is 5.44. The van der Waals surface area contributed by atoms with E-state index in [9.17, 15) is 14.9 Å². The first-order chi connectivity index (χ1) is 16.6. The lowest BCUT2D eigenvalue weighted by atomic mass is 10.0. The predicted molar refractivity (Wildman–Crippen MR) is 132 cm³/mol. The van der Waals surface area contributed by atoms with Gasteiger partial charge < -0.3 is 9.72 Å². The van der Waals surface area contributed by atoms with Crippen LogP contribution in [0, 0.1) is 11.3 Å². The van der Waals surface area contributed by atoms with Gasteiger partial charge in [-0.25, -0.2) is 9.78 Å². The van der Waals surface area contributed by atoms with Crippen LogP contribution < -0.4 is 5.56 Å². The molecule has 0 aliphatic carbocycles. The van der Waals surface area contributed by atoms with Crippen LogP contribution in [-0.4, -0.2) is 22.5 Å². The van der Waals surface area contributed by atoms with Crippen molar-refractivity contribution in [1.82, 2.24) is 9.97 Å². The van der Waals surface area contributed by atoms with E-state index >= 15 is 0 Å². The third-order valence-corrected chi connectivity index (χ3v) is 6.06. The summed E-state index contributed by atoms with van der Waals surface area (Å²) in [6.45, 7) is 2.09. The van der Waals surface area contributed by atoms with Gasteiger partial charge in [0.15, 0.2) is 5.16 Å². The van der Waals surface area contributed by atoms with E-state index in [1.165, 1.54) is 11.8 Å². The molecule has 4 rings (SSSR count). The lowest BCUT2D eigenvalue weighted by molar-refractivity contribution is 0.0526. The topological polar surface area (TPSA) is 95.8 Å². The van der Waals surface area contributed by atoms with Gasteiger partial charge in [-0.2, -0.15) is 5.26 Å². The van der Waals surface area contributed by atoms with E-state index in [1.807, 2.05) is 72.8 Å². The zero-order valence-corrected chi connectivity index (χ0v) is 19.3. The number of carbonyl (C=O) groups excluding carboxylic acids is 1. The van der Waals surface area contributed by atoms with Gasteiger partial charge in [0.2, 0.25) is 0 Å². The van der Waals surface area contributed by atoms with Gasteiger partial charge >= 0.3 is 5.97 Å². The van der Waals surface area contributed by atoms with E-state index in [1.54, 1.807) is 19.1 Å². The van der Waals surface area contributed by atoms with E-state index in [0.29, 0.717) is 34.3 Å². The molecular formula is C27H21N3O3S. The van der Waals surface area contributed by atoms with Crippen molar-refractivity contribution in [3.05, 3.63) is 106 Å². The number of aromatic nitrogens is 2. The molecule has 0 spiro atoms. The van der Waals surface area contributed by atoms with Crippen LogP contribution in [0.3, 0.4) is 0 Å². The lowest BCUT2D eigenvalue weighted by Gasteiger charge is -2.08. The number of rotatable bonds is 7. The molecule has 4 aromatic rings. The fraction of sp³-hybridized carbons (Fsp3) is 0.111. The minimum Gasteiger partial charge on any atom is -0.462 e. The van der Waals surface area contributed by atoms with E-state index in [4.69, 9.17) is 4.74 Å². The Morgan fingerprint density at radius 1 is 0.971 bits per heavy atom. The standard InChI is InChI=1S/C27H21N3O3S/c1-2-33-26(32)22-10-8-18(9-11-22)17-34-27-29-24(23(16-28)25(31)30-27)21-14-12-20(13-15-21)19-6-4-3-5-7-19/h3-15H,2,17H2,1H3,(H,29,30,31). The van der Waals surface area contributed by atoms with Gasteiger partial charge in [-0.05, 0) is 35.7 Å². The van der Waals surface area contributed by atoms with Crippen molar-refractivity contribution in [2.75, 3.05) is 6.61 Å². The Bertz CT molecular complexity index is 1390. The van der Waals surface area contributed by atoms with Crippen molar-refractivity contribution < 1.29 is 9.53 Å². The Morgan fingerprint density at radius 3 is 2.26 bits per heavy atom. The highest BCUT2D eigenvalue weighted by atomic mass is 32.2. The highest BCUT2D eigenvalue weighted by molar-refractivity contribution is 7.98. The highest BCUT2D eigenvalue weighted by Crippen LogP contribution is 2.27. The molecule has 1 heterocycles. The monoisotopic (exact) mass is 467 g/mol. The number of H-pyrrole nitrogens is 1. The number of benzene rings is 3. The molecule has 7 heteroatoms. The molecule has 6 nitrogen and oxygen atoms in total. The minimum atomic E-state index is -0.472. The Balaban J connectivity index is 1.55. The largest absolute Gasteiger partial charge is 0.462 e. The highest BCUT2D eigenvalue weighted by Gasteiger charge is 2.14. The van der Waals surface area contributed by atoms with Gasteiger partial charge in [0.1, 0.15) is 11.6 Å². The van der Waals surface area contributed by atoms with Crippen molar-refractivity contribution in [1.29, 1.82) is 5.26 Å². The van der Waals surface area contributed by atoms with Crippen molar-refractivity contribution in [3.63, 3.8) is 0 Å². The van der Waals surface area contributed by atoms with E-state index < -0.39 is 5.56 Å². The number of hydrogen-bond donors (Lipinski definition) is 1. The maximum atomic E-state index is 12.6. The lowest BCUT2D eigenvalue weighted by Crippen LogP contribution is -2.14. The first-order valence-corrected chi connectivity index (χ1v) is 11.7. The SMILES string of the molecule is CCOC(=O)c1ccc(CSc2nc(-c3ccc(-c4ccccc4)cc3)c(C#N)c(=O)[nH]2)cc1. The van der Waals surface area contributed by atoms with Gasteiger partial charge in [0.25, 0.3) is 5.56 Å². The molecular weight excluding hydrogens is 446 g/mol. The fourth-order valence-corrected chi connectivity index (χ4v) is 4.20. The van der Waals surface area contributed by atoms with Crippen LogP contribution in [0.15, 0.2) is 88.8 Å². The van der Waals surface area contributed by atoms with Gasteiger partial charge in [-0.1, -0.05) is 78.5 Å². The van der Waals surface area contributed by atoms with Crippen LogP contribution in [0.1, 0.15) is 28.4 Å². The molecule has 1 aromatic heterocycles. The summed E-state index contributed by atoms with van der Waals surface area (Å²) >= 11 is 1.35. The van der Waals surface area contributed by atoms with E-state index in [0.717, 1.165) is 16.7 Å². The second-order valence-electron chi connectivity index (χ2n) is 7.36. The molecule has 0 radical (unpaired) electrons. The number of ether oxygens (including phenoxy) is 1. The summed E-state index contributed by atoms with van der Waals surface area (Å²) in [4.78, 5) is 31.6. The molecule has 0 saturated heterocycles. The summed E-state index contributed by atoms with van der Waals surface area (Å²) in [6.07, 6.45) is 0. The van der Waals surface area contributed by atoms with Crippen molar-refractivity contribution in [2.24, 2.45) is 0 Å². The molecule has 0 aliphatic heterocycles. The van der Waals surface area contributed by atoms with Crippen LogP contribution in [0.5, 0.6) is 0 Å². The normalized spacial score (nSPS) is 10.5. The maximum Gasteiger partial charge on any atom is 0.338 e. The summed E-state index contributed by atoms with van der Waals surface area (Å²) < 4.78 is 5.00. The molecule has 3 aromatic carbocycles. The van der Waals surface area contributed by atoms with Gasteiger partial charge in [0, 0.05) is 11.3 Å². The molecule has 34 heavy (non-hydrogen) atoms. The zero-order chi connectivity index (χ0) is 23.9. The van der Waals surface area contributed by atoms with Crippen LogP contribution >= 0.6 is 11.8 Å². The summed E-state index contributed by atoms with van der Waals surface area (Å²) in [5, 5.41) is 9.96. The summed E-state index contributed by atoms with van der Waals surface area (Å²) in [6, 6.07) is 26.7. The molecule has 0 aliphatic rings. The van der Waals surface area contributed by atoms with Crippen molar-refractivity contribution in [3.8, 4) is 28.5 Å². The van der Waals surface area contributed by atoms with Crippen molar-refractivity contribution >= 4 is 17.7 Å². The van der Waals surface area contributed by atoms with Gasteiger partial charge in [-0.15, -0.1) is 0 Å². The first kappa shape index (κ1) is 23.0. The third-order valence-electron chi connectivity index (χ3n) is 5.12. The maximum absolute atomic E-state index is 12.6. The van der Waals surface area contributed by atoms with E-state index in [2.05, 4.69) is 9.97 Å². The molecule has 0 atom stereocenters. The van der Waals surface area contributed by atoms with Crippen LogP contribution in [0.4, 0.5) is 0 Å². The fourth-order valence-electron chi connectivity index (χ4n) is 3.39. The van der Waals surface area contributed by atoms with Gasteiger partial charge in [-0.3, -0.25) is 4.79 Å². The number of aromatic amines is 1. The number of hydrogen-bond acceptors (Lipinski definition) is 6. The van der Waals surface area contributed by atoms with Crippen LogP contribution in [0.2, 0.25) is 0 Å². The average Bonchev–Trinajstić information content (AvgIpc) is 2.88. The summed E-state index contributed by atoms with van der Waals surface area (Å²) in [5.41, 5.74) is 4.12. The van der Waals surface area contributed by atoms with E-state index in [-0.39, 0.29) is 11.5 Å². The quantitative estimate of drug-likeness (QED) is 0.221. The molecule has 0 bridgehead atoms. The number of carbonyl (C=O) groups is 1. The Labute approximate surface area is 201 Å². The second-order valence-corrected chi connectivity index (χ2v) is 8.32. The number of nitrogens with zero attached hydrogens (tertiary/aromatic N) is 2. The Hall–Kier alpha value is -4.15. The number of nitrogens with one attached hydrogen (secondary N) is 1. The Morgan fingerprint density at radius 2 is 1.62 bits per heavy atom. The molecule has 168 valence electrons.